The van der Waals surface area contributed by atoms with Crippen LogP contribution in [0.5, 0.6) is 11.5 Å². The van der Waals surface area contributed by atoms with E-state index in [-0.39, 0.29) is 5.69 Å². The van der Waals surface area contributed by atoms with Crippen LogP contribution < -0.4 is 9.47 Å². The van der Waals surface area contributed by atoms with E-state index in [4.69, 9.17) is 14.7 Å². The number of aromatic amines is 1. The Bertz CT molecular complexity index is 852. The first-order valence-electron chi connectivity index (χ1n) is 6.97. The molecule has 1 N–H and O–H groups in total. The van der Waals surface area contributed by atoms with E-state index >= 15 is 0 Å². The molecular weight excluding hydrogens is 292 g/mol. The number of H-pyrrole nitrogens is 1. The van der Waals surface area contributed by atoms with Crippen molar-refractivity contribution in [1.29, 1.82) is 5.26 Å². The number of nitrogens with one attached hydrogen (secondary N) is 1. The molecule has 3 rings (SSSR count). The summed E-state index contributed by atoms with van der Waals surface area (Å²) >= 11 is 0. The van der Waals surface area contributed by atoms with Crippen molar-refractivity contribution < 1.29 is 9.47 Å². The number of hydrogen-bond acceptors (Lipinski definition) is 5. The second-order valence-corrected chi connectivity index (χ2v) is 4.80. The zero-order chi connectivity index (χ0) is 16.1. The number of benzene rings is 2. The Labute approximate surface area is 133 Å². The third-order valence-corrected chi connectivity index (χ3v) is 3.30. The molecule has 1 aromatic heterocycles. The molecule has 0 saturated carbocycles. The quantitative estimate of drug-likeness (QED) is 0.783. The average molecular weight is 306 g/mol. The molecule has 0 spiro atoms. The summed E-state index contributed by atoms with van der Waals surface area (Å²) in [6.45, 7) is 0.404. The summed E-state index contributed by atoms with van der Waals surface area (Å²) < 4.78 is 10.9. The predicted molar refractivity (Wildman–Crippen MR) is 83.9 cm³/mol. The van der Waals surface area contributed by atoms with Crippen molar-refractivity contribution in [3.05, 3.63) is 59.8 Å². The minimum atomic E-state index is 0.274. The maximum absolute atomic E-state index is 9.03. The predicted octanol–water partition coefficient (Wildman–Crippen LogP) is 2.93. The fourth-order valence-corrected chi connectivity index (χ4v) is 2.18. The van der Waals surface area contributed by atoms with Gasteiger partial charge in [-0.1, -0.05) is 24.3 Å². The second kappa shape index (κ2) is 6.62. The van der Waals surface area contributed by atoms with Crippen LogP contribution in [0.25, 0.3) is 11.3 Å². The van der Waals surface area contributed by atoms with Crippen molar-refractivity contribution in [3.63, 3.8) is 0 Å². The maximum atomic E-state index is 9.03. The van der Waals surface area contributed by atoms with Crippen LogP contribution in [-0.4, -0.2) is 22.5 Å². The van der Waals surface area contributed by atoms with Crippen molar-refractivity contribution in [2.24, 2.45) is 0 Å². The van der Waals surface area contributed by atoms with Crippen molar-refractivity contribution in [1.82, 2.24) is 15.4 Å². The molecule has 0 radical (unpaired) electrons. The first-order chi connectivity index (χ1) is 11.3. The lowest BCUT2D eigenvalue weighted by Gasteiger charge is -2.08. The van der Waals surface area contributed by atoms with Gasteiger partial charge in [-0.3, -0.25) is 0 Å². The highest BCUT2D eigenvalue weighted by atomic mass is 16.5. The summed E-state index contributed by atoms with van der Waals surface area (Å²) in [4.78, 5) is 0. The Balaban J connectivity index is 1.77. The van der Waals surface area contributed by atoms with Gasteiger partial charge in [-0.05, 0) is 23.8 Å². The van der Waals surface area contributed by atoms with Crippen LogP contribution in [0.15, 0.2) is 48.5 Å². The fourth-order valence-electron chi connectivity index (χ4n) is 2.18. The molecule has 0 atom stereocenters. The normalized spacial score (nSPS) is 10.1. The van der Waals surface area contributed by atoms with E-state index in [0.29, 0.717) is 12.3 Å². The number of nitrogens with zero attached hydrogens (tertiary/aromatic N) is 3. The molecule has 0 aliphatic heterocycles. The van der Waals surface area contributed by atoms with Crippen LogP contribution >= 0.6 is 0 Å². The Morgan fingerprint density at radius 1 is 1.09 bits per heavy atom. The highest BCUT2D eigenvalue weighted by Crippen LogP contribution is 2.23. The largest absolute Gasteiger partial charge is 0.497 e. The second-order valence-electron chi connectivity index (χ2n) is 4.80. The molecule has 1 heterocycles. The highest BCUT2D eigenvalue weighted by molar-refractivity contribution is 5.64. The maximum Gasteiger partial charge on any atom is 0.190 e. The lowest BCUT2D eigenvalue weighted by atomic mass is 10.1. The van der Waals surface area contributed by atoms with Crippen molar-refractivity contribution in [2.45, 2.75) is 6.61 Å². The monoisotopic (exact) mass is 306 g/mol. The van der Waals surface area contributed by atoms with Gasteiger partial charge in [-0.25, -0.2) is 0 Å². The van der Waals surface area contributed by atoms with Crippen LogP contribution in [0.4, 0.5) is 0 Å². The molecule has 0 amide bonds. The smallest absolute Gasteiger partial charge is 0.190 e. The van der Waals surface area contributed by atoms with Gasteiger partial charge in [0.2, 0.25) is 0 Å². The zero-order valence-corrected chi connectivity index (χ0v) is 12.5. The summed E-state index contributed by atoms with van der Waals surface area (Å²) in [5.41, 5.74) is 2.60. The van der Waals surface area contributed by atoms with E-state index in [2.05, 4.69) is 15.4 Å². The molecule has 0 bridgehead atoms. The summed E-state index contributed by atoms with van der Waals surface area (Å²) in [6, 6.07) is 17.1. The van der Waals surface area contributed by atoms with E-state index in [0.717, 1.165) is 22.6 Å². The molecule has 0 fully saturated rings. The van der Waals surface area contributed by atoms with E-state index in [9.17, 15) is 0 Å². The molecule has 23 heavy (non-hydrogen) atoms. The van der Waals surface area contributed by atoms with Crippen molar-refractivity contribution >= 4 is 0 Å². The average Bonchev–Trinajstić information content (AvgIpc) is 3.09. The standard InChI is InChI=1S/C17H14N4O2/c1-22-14-6-3-7-15(9-14)23-11-12-4-2-5-13(8-12)17-16(10-18)19-21-20-17/h2-9H,11H2,1H3,(H,19,20,21). The number of methoxy groups -OCH3 is 1. The molecule has 6 nitrogen and oxygen atoms in total. The Morgan fingerprint density at radius 3 is 2.74 bits per heavy atom. The van der Waals surface area contributed by atoms with E-state index in [1.165, 1.54) is 0 Å². The van der Waals surface area contributed by atoms with Gasteiger partial charge < -0.3 is 9.47 Å². The first-order valence-corrected chi connectivity index (χ1v) is 6.97. The summed E-state index contributed by atoms with van der Waals surface area (Å²) in [7, 11) is 1.62. The summed E-state index contributed by atoms with van der Waals surface area (Å²) in [5, 5.41) is 19.3. The minimum Gasteiger partial charge on any atom is -0.497 e. The minimum absolute atomic E-state index is 0.274. The van der Waals surface area contributed by atoms with E-state index < -0.39 is 0 Å². The Kier molecular flexibility index (Phi) is 4.20. The van der Waals surface area contributed by atoms with Gasteiger partial charge in [0, 0.05) is 11.6 Å². The number of aromatic nitrogens is 3. The molecule has 114 valence electrons. The topological polar surface area (TPSA) is 83.8 Å². The van der Waals surface area contributed by atoms with Crippen LogP contribution in [0, 0.1) is 11.3 Å². The fraction of sp³-hybridized carbons (Fsp3) is 0.118. The lowest BCUT2D eigenvalue weighted by molar-refractivity contribution is 0.303. The number of nitriles is 1. The van der Waals surface area contributed by atoms with E-state index in [1.807, 2.05) is 54.6 Å². The van der Waals surface area contributed by atoms with Gasteiger partial charge in [0.1, 0.15) is 29.9 Å². The van der Waals surface area contributed by atoms with Crippen molar-refractivity contribution in [2.75, 3.05) is 7.11 Å². The molecule has 0 saturated heterocycles. The third-order valence-electron chi connectivity index (χ3n) is 3.30. The van der Waals surface area contributed by atoms with Gasteiger partial charge in [0.15, 0.2) is 5.69 Å². The van der Waals surface area contributed by atoms with Gasteiger partial charge in [-0.15, -0.1) is 5.10 Å². The molecule has 0 aliphatic rings. The van der Waals surface area contributed by atoms with Gasteiger partial charge >= 0.3 is 0 Å². The van der Waals surface area contributed by atoms with Crippen molar-refractivity contribution in [3.8, 4) is 28.8 Å². The Morgan fingerprint density at radius 2 is 1.91 bits per heavy atom. The summed E-state index contributed by atoms with van der Waals surface area (Å²) in [6.07, 6.45) is 0. The zero-order valence-electron chi connectivity index (χ0n) is 12.5. The third kappa shape index (κ3) is 3.30. The van der Waals surface area contributed by atoms with Crippen LogP contribution in [0.2, 0.25) is 0 Å². The van der Waals surface area contributed by atoms with Crippen LogP contribution in [0.1, 0.15) is 11.3 Å². The molecule has 0 aliphatic carbocycles. The molecule has 3 aromatic rings. The van der Waals surface area contributed by atoms with Crippen LogP contribution in [-0.2, 0) is 6.61 Å². The van der Waals surface area contributed by atoms with E-state index in [1.54, 1.807) is 7.11 Å². The van der Waals surface area contributed by atoms with Gasteiger partial charge in [0.25, 0.3) is 0 Å². The molecule has 2 aromatic carbocycles. The summed E-state index contributed by atoms with van der Waals surface area (Å²) in [5.74, 6) is 1.48. The number of ether oxygens (including phenoxy) is 2. The number of rotatable bonds is 5. The first kappa shape index (κ1) is 14.6. The van der Waals surface area contributed by atoms with Gasteiger partial charge in [-0.2, -0.15) is 15.6 Å². The number of hydrogen-bond donors (Lipinski definition) is 1. The molecule has 0 unspecified atom stereocenters. The molecule has 6 heteroatoms. The molecular formula is C17H14N4O2. The Hall–Kier alpha value is -3.33. The van der Waals surface area contributed by atoms with Gasteiger partial charge in [0.05, 0.1) is 7.11 Å². The van der Waals surface area contributed by atoms with Crippen LogP contribution in [0.3, 0.4) is 0 Å². The highest BCUT2D eigenvalue weighted by Gasteiger charge is 2.10. The lowest BCUT2D eigenvalue weighted by Crippen LogP contribution is -1.96. The SMILES string of the molecule is COc1cccc(OCc2cccc(-c3n[nH]nc3C#N)c2)c1.